The molecule has 28 heavy (non-hydrogen) atoms. The topological polar surface area (TPSA) is 171 Å². The van der Waals surface area contributed by atoms with Crippen molar-refractivity contribution in [1.29, 1.82) is 0 Å². The fourth-order valence-electron chi connectivity index (χ4n) is 2.26. The summed E-state index contributed by atoms with van der Waals surface area (Å²) in [5.74, 6) is -1.09. The maximum atomic E-state index is 12.3. The van der Waals surface area contributed by atoms with E-state index in [2.05, 4.69) is 15.3 Å². The van der Waals surface area contributed by atoms with Crippen LogP contribution in [-0.4, -0.2) is 46.2 Å². The van der Waals surface area contributed by atoms with Crippen LogP contribution in [0.5, 0.6) is 0 Å². The number of nitrogens with one attached hydrogen (secondary N) is 2. The second kappa shape index (κ2) is 11.1. The second-order valence-corrected chi connectivity index (χ2v) is 7.22. The molecule has 2 atom stereocenters. The number of aromatic nitrogens is 1. The van der Waals surface area contributed by atoms with E-state index in [9.17, 15) is 14.9 Å². The highest BCUT2D eigenvalue weighted by Crippen LogP contribution is 2.13. The van der Waals surface area contributed by atoms with Crippen molar-refractivity contribution in [3.8, 4) is 0 Å². The number of nitrogens with zero attached hydrogens (tertiary/aromatic N) is 3. The number of carbonyl (C=O) groups excluding carboxylic acids is 1. The standard InChI is InChI=1S/C17H29N7O4/c1-17(2,3)28-15(25)14(22-16(19)23-24(26)27)8-7-12(18)10-20-11-13-6-4-5-9-21-13/h4-6,9,12,14,20H,7-8,10-11,18H2,1-3H3,(H3,19,22,23)/t12-,14?/m0/s1. The number of hydrazine groups is 1. The van der Waals surface area contributed by atoms with Crippen LogP contribution in [0, 0.1) is 10.1 Å². The summed E-state index contributed by atoms with van der Waals surface area (Å²) in [6.45, 7) is 6.23. The Labute approximate surface area is 164 Å². The van der Waals surface area contributed by atoms with E-state index < -0.39 is 28.6 Å². The fraction of sp³-hybridized carbons (Fsp3) is 0.588. The molecule has 0 radical (unpaired) electrons. The maximum Gasteiger partial charge on any atom is 0.331 e. The lowest BCUT2D eigenvalue weighted by Gasteiger charge is -2.23. The molecule has 1 aromatic heterocycles. The number of hydrogen-bond donors (Lipinski definition) is 4. The Hall–Kier alpha value is -2.79. The summed E-state index contributed by atoms with van der Waals surface area (Å²) in [6, 6.07) is 4.39. The number of nitro groups is 1. The predicted molar refractivity (Wildman–Crippen MR) is 105 cm³/mol. The van der Waals surface area contributed by atoms with E-state index in [0.29, 0.717) is 19.5 Å². The minimum atomic E-state index is -0.992. The molecule has 11 heteroatoms. The second-order valence-electron chi connectivity index (χ2n) is 7.22. The summed E-state index contributed by atoms with van der Waals surface area (Å²) in [5.41, 5.74) is 13.4. The van der Waals surface area contributed by atoms with Gasteiger partial charge in [0, 0.05) is 25.3 Å². The number of hydrogen-bond acceptors (Lipinski definition) is 8. The molecule has 0 aromatic carbocycles. The Bertz CT molecular complexity index is 661. The lowest BCUT2D eigenvalue weighted by Crippen LogP contribution is -2.40. The molecule has 0 amide bonds. The Morgan fingerprint density at radius 1 is 1.39 bits per heavy atom. The van der Waals surface area contributed by atoms with Gasteiger partial charge in [0.15, 0.2) is 11.1 Å². The summed E-state index contributed by atoms with van der Waals surface area (Å²) < 4.78 is 5.31. The molecule has 1 rings (SSSR count). The summed E-state index contributed by atoms with van der Waals surface area (Å²) >= 11 is 0. The van der Waals surface area contributed by atoms with Crippen molar-refractivity contribution in [2.75, 3.05) is 6.54 Å². The quantitative estimate of drug-likeness (QED) is 0.141. The van der Waals surface area contributed by atoms with Crippen LogP contribution >= 0.6 is 0 Å². The largest absolute Gasteiger partial charge is 0.458 e. The predicted octanol–water partition coefficient (Wildman–Crippen LogP) is 0.0850. The zero-order chi connectivity index (χ0) is 21.2. The number of esters is 1. The minimum absolute atomic E-state index is 0.238. The van der Waals surface area contributed by atoms with Gasteiger partial charge in [-0.1, -0.05) is 11.5 Å². The summed E-state index contributed by atoms with van der Waals surface area (Å²) in [7, 11) is 0. The first-order valence-corrected chi connectivity index (χ1v) is 8.90. The lowest BCUT2D eigenvalue weighted by molar-refractivity contribution is -0.525. The summed E-state index contributed by atoms with van der Waals surface area (Å²) in [4.78, 5) is 30.9. The van der Waals surface area contributed by atoms with Gasteiger partial charge in [-0.2, -0.15) is 0 Å². The smallest absolute Gasteiger partial charge is 0.331 e. The first-order chi connectivity index (χ1) is 13.1. The number of guanidine groups is 1. The van der Waals surface area contributed by atoms with Gasteiger partial charge in [0.25, 0.3) is 5.96 Å². The van der Waals surface area contributed by atoms with Crippen molar-refractivity contribution in [1.82, 2.24) is 15.7 Å². The molecule has 0 aliphatic carbocycles. The average molecular weight is 395 g/mol. The van der Waals surface area contributed by atoms with Crippen LogP contribution in [0.3, 0.4) is 0 Å². The van der Waals surface area contributed by atoms with Gasteiger partial charge in [0.05, 0.1) is 5.69 Å². The molecule has 0 saturated carbocycles. The number of rotatable bonds is 10. The van der Waals surface area contributed by atoms with Gasteiger partial charge in [-0.15, -0.1) is 0 Å². The van der Waals surface area contributed by atoms with Gasteiger partial charge in [-0.25, -0.2) is 19.9 Å². The van der Waals surface area contributed by atoms with Gasteiger partial charge in [-0.3, -0.25) is 4.98 Å². The average Bonchev–Trinajstić information content (AvgIpc) is 2.57. The third kappa shape index (κ3) is 10.4. The maximum absolute atomic E-state index is 12.3. The Kier molecular flexibility index (Phi) is 9.25. The van der Waals surface area contributed by atoms with Crippen molar-refractivity contribution in [3.63, 3.8) is 0 Å². The molecule has 1 aromatic rings. The first-order valence-electron chi connectivity index (χ1n) is 8.90. The summed E-state index contributed by atoms with van der Waals surface area (Å²) in [5, 5.41) is 12.8. The van der Waals surface area contributed by atoms with Crippen LogP contribution in [-0.2, 0) is 16.1 Å². The van der Waals surface area contributed by atoms with Gasteiger partial charge in [-0.05, 0) is 45.7 Å². The zero-order valence-electron chi connectivity index (χ0n) is 16.4. The Balaban J connectivity index is 2.58. The molecule has 1 unspecified atom stereocenters. The van der Waals surface area contributed by atoms with E-state index in [1.165, 1.54) is 0 Å². The van der Waals surface area contributed by atoms with Crippen molar-refractivity contribution < 1.29 is 14.6 Å². The highest BCUT2D eigenvalue weighted by atomic mass is 16.7. The van der Waals surface area contributed by atoms with Crippen LogP contribution in [0.15, 0.2) is 29.4 Å². The molecule has 0 aliphatic rings. The molecule has 0 spiro atoms. The molecule has 156 valence electrons. The zero-order valence-corrected chi connectivity index (χ0v) is 16.4. The number of nitrogens with two attached hydrogens (primary N) is 2. The van der Waals surface area contributed by atoms with Crippen molar-refractivity contribution in [3.05, 3.63) is 40.2 Å². The van der Waals surface area contributed by atoms with Gasteiger partial charge < -0.3 is 21.5 Å². The molecule has 0 saturated heterocycles. The molecule has 11 nitrogen and oxygen atoms in total. The van der Waals surface area contributed by atoms with E-state index in [-0.39, 0.29) is 12.5 Å². The number of carbonyl (C=O) groups is 1. The number of ether oxygens (including phenoxy) is 1. The number of aliphatic imine (C=N–C) groups is 1. The molecule has 6 N–H and O–H groups in total. The normalized spacial score (nSPS) is 14.2. The number of pyridine rings is 1. The monoisotopic (exact) mass is 395 g/mol. The highest BCUT2D eigenvalue weighted by Gasteiger charge is 2.26. The molecule has 0 bridgehead atoms. The van der Waals surface area contributed by atoms with Crippen LogP contribution in [0.1, 0.15) is 39.3 Å². The van der Waals surface area contributed by atoms with Gasteiger partial charge >= 0.3 is 5.97 Å². The molecule has 0 aliphatic heterocycles. The van der Waals surface area contributed by atoms with Gasteiger partial charge in [0.2, 0.25) is 0 Å². The molecule has 1 heterocycles. The molecular weight excluding hydrogens is 366 g/mol. The minimum Gasteiger partial charge on any atom is -0.458 e. The van der Waals surface area contributed by atoms with Gasteiger partial charge in [0.1, 0.15) is 5.60 Å². The molecular formula is C17H29N7O4. The van der Waals surface area contributed by atoms with Crippen molar-refractivity contribution in [2.45, 2.75) is 57.8 Å². The van der Waals surface area contributed by atoms with E-state index in [0.717, 1.165) is 5.69 Å². The third-order valence-electron chi connectivity index (χ3n) is 3.43. The highest BCUT2D eigenvalue weighted by molar-refractivity contribution is 5.83. The fourth-order valence-corrected chi connectivity index (χ4v) is 2.26. The SMILES string of the molecule is CC(C)(C)OC(=O)C(CC[C@H](N)CNCc1ccccn1)N=C(N)N[N+](=O)[O-]. The molecule has 0 fully saturated rings. The van der Waals surface area contributed by atoms with Crippen molar-refractivity contribution in [2.24, 2.45) is 16.5 Å². The first kappa shape index (κ1) is 23.2. The summed E-state index contributed by atoms with van der Waals surface area (Å²) in [6.07, 6.45) is 2.39. The van der Waals surface area contributed by atoms with E-state index in [1.54, 1.807) is 32.4 Å². The van der Waals surface area contributed by atoms with Crippen molar-refractivity contribution >= 4 is 11.9 Å². The van der Waals surface area contributed by atoms with Crippen LogP contribution < -0.4 is 22.2 Å². The van der Waals surface area contributed by atoms with Crippen LogP contribution in [0.2, 0.25) is 0 Å². The third-order valence-corrected chi connectivity index (χ3v) is 3.43. The van der Waals surface area contributed by atoms with E-state index in [1.807, 2.05) is 18.2 Å². The lowest BCUT2D eigenvalue weighted by atomic mass is 10.1. The Morgan fingerprint density at radius 3 is 2.68 bits per heavy atom. The Morgan fingerprint density at radius 2 is 2.11 bits per heavy atom. The van der Waals surface area contributed by atoms with E-state index in [4.69, 9.17) is 16.2 Å². The van der Waals surface area contributed by atoms with E-state index >= 15 is 0 Å². The van der Waals surface area contributed by atoms with Crippen LogP contribution in [0.4, 0.5) is 0 Å². The van der Waals surface area contributed by atoms with Crippen LogP contribution in [0.25, 0.3) is 0 Å².